The number of nitrogens with one attached hydrogen (secondary N) is 1. The molecule has 8 nitrogen and oxygen atoms in total. The fourth-order valence-electron chi connectivity index (χ4n) is 4.66. The van der Waals surface area contributed by atoms with Gasteiger partial charge in [-0.1, -0.05) is 18.2 Å². The summed E-state index contributed by atoms with van der Waals surface area (Å²) in [5.74, 6) is -3.70. The monoisotopic (exact) mass is 583 g/mol. The molecule has 1 unspecified atom stereocenters. The van der Waals surface area contributed by atoms with Gasteiger partial charge in [0.2, 0.25) is 0 Å². The Bertz CT molecular complexity index is 1900. The number of sulfone groups is 1. The van der Waals surface area contributed by atoms with Crippen molar-refractivity contribution in [2.24, 2.45) is 0 Å². The maximum atomic E-state index is 15.2. The van der Waals surface area contributed by atoms with Crippen LogP contribution in [-0.4, -0.2) is 40.5 Å². The van der Waals surface area contributed by atoms with E-state index in [9.17, 15) is 17.6 Å². The van der Waals surface area contributed by atoms with E-state index in [1.165, 1.54) is 47.4 Å². The Morgan fingerprint density at radius 1 is 1.10 bits per heavy atom. The Labute approximate surface area is 232 Å². The third-order valence-electron chi connectivity index (χ3n) is 6.69. The van der Waals surface area contributed by atoms with E-state index in [2.05, 4.69) is 10.1 Å². The Balaban J connectivity index is 1.47. The molecule has 5 rings (SSSR count). The fourth-order valence-corrected chi connectivity index (χ4v) is 5.72. The smallest absolute Gasteiger partial charge is 0.303 e. The van der Waals surface area contributed by atoms with Gasteiger partial charge >= 0.3 is 5.97 Å². The molecule has 212 valence electrons. The third kappa shape index (κ3) is 5.55. The van der Waals surface area contributed by atoms with Crippen molar-refractivity contribution in [2.75, 3.05) is 6.26 Å². The van der Waals surface area contributed by atoms with Crippen molar-refractivity contribution >= 4 is 26.7 Å². The van der Waals surface area contributed by atoms with Gasteiger partial charge in [-0.15, -0.1) is 0 Å². The molecular weight excluding hydrogens is 559 g/mol. The van der Waals surface area contributed by atoms with E-state index < -0.39 is 45.0 Å². The van der Waals surface area contributed by atoms with E-state index in [1.807, 2.05) is 0 Å². The van der Waals surface area contributed by atoms with Gasteiger partial charge in [-0.3, -0.25) is 9.48 Å². The number of aryl methyl sites for hydroxylation is 1. The lowest BCUT2D eigenvalue weighted by Gasteiger charge is -2.16. The summed E-state index contributed by atoms with van der Waals surface area (Å²) < 4.78 is 77.3. The van der Waals surface area contributed by atoms with Crippen LogP contribution in [0.4, 0.5) is 13.2 Å². The second kappa shape index (κ2) is 10.8. The predicted octanol–water partition coefficient (Wildman–Crippen LogP) is 6.27. The van der Waals surface area contributed by atoms with Crippen LogP contribution in [0, 0.1) is 17.5 Å². The van der Waals surface area contributed by atoms with E-state index in [1.54, 1.807) is 19.1 Å². The largest absolute Gasteiger partial charge is 0.481 e. The van der Waals surface area contributed by atoms with Crippen LogP contribution < -0.4 is 4.74 Å². The van der Waals surface area contributed by atoms with Crippen LogP contribution in [0.15, 0.2) is 71.9 Å². The number of benzene rings is 3. The van der Waals surface area contributed by atoms with Crippen LogP contribution in [-0.2, 0) is 21.1 Å². The number of carbonyl (C=O) groups is 1. The van der Waals surface area contributed by atoms with Crippen molar-refractivity contribution in [3.05, 3.63) is 95.6 Å². The first kappa shape index (κ1) is 28.0. The van der Waals surface area contributed by atoms with Crippen molar-refractivity contribution in [1.82, 2.24) is 14.8 Å². The predicted molar refractivity (Wildman–Crippen MR) is 145 cm³/mol. The van der Waals surface area contributed by atoms with E-state index >= 15 is 8.78 Å². The third-order valence-corrected chi connectivity index (χ3v) is 7.84. The van der Waals surface area contributed by atoms with Crippen LogP contribution in [0.2, 0.25) is 0 Å². The van der Waals surface area contributed by atoms with Gasteiger partial charge in [0.1, 0.15) is 22.3 Å². The number of rotatable bonds is 9. The van der Waals surface area contributed by atoms with Crippen LogP contribution in [0.1, 0.15) is 30.5 Å². The van der Waals surface area contributed by atoms with E-state index in [0.29, 0.717) is 0 Å². The van der Waals surface area contributed by atoms with Crippen molar-refractivity contribution in [3.8, 4) is 22.8 Å². The fraction of sp³-hybridized carbons (Fsp3) is 0.172. The lowest BCUT2D eigenvalue weighted by atomic mass is 10.0. The van der Waals surface area contributed by atoms with Gasteiger partial charge in [0, 0.05) is 53.2 Å². The summed E-state index contributed by atoms with van der Waals surface area (Å²) in [5.41, 5.74) is 0.987. The van der Waals surface area contributed by atoms with Gasteiger partial charge in [0.05, 0.1) is 11.7 Å². The number of fused-ring (bicyclic) bond motifs is 1. The van der Waals surface area contributed by atoms with Crippen LogP contribution in [0.25, 0.3) is 22.2 Å². The zero-order valence-electron chi connectivity index (χ0n) is 21.9. The molecule has 0 fully saturated rings. The molecule has 0 spiro atoms. The molecule has 0 aliphatic heterocycles. The normalized spacial score (nSPS) is 12.5. The number of H-pyrrole nitrogens is 1. The zero-order chi connectivity index (χ0) is 29.5. The molecule has 0 saturated carbocycles. The highest BCUT2D eigenvalue weighted by Crippen LogP contribution is 2.38. The number of hydrogen-bond donors (Lipinski definition) is 2. The van der Waals surface area contributed by atoms with E-state index in [0.717, 1.165) is 18.4 Å². The highest BCUT2D eigenvalue weighted by Gasteiger charge is 2.25. The summed E-state index contributed by atoms with van der Waals surface area (Å²) >= 11 is 0. The minimum atomic E-state index is -3.92. The minimum absolute atomic E-state index is 0.00633. The molecule has 2 aromatic heterocycles. The molecule has 1 atom stereocenters. The molecule has 5 aromatic rings. The molecule has 12 heteroatoms. The number of carboxylic acids is 1. The molecule has 2 N–H and O–H groups in total. The molecule has 3 aromatic carbocycles. The molecular formula is C29H24F3N3O5S. The van der Waals surface area contributed by atoms with Gasteiger partial charge in [-0.25, -0.2) is 21.6 Å². The molecule has 0 amide bonds. The summed E-state index contributed by atoms with van der Waals surface area (Å²) in [5, 5.41) is 13.6. The number of hydrogen-bond acceptors (Lipinski definition) is 5. The number of aliphatic carboxylic acids is 1. The molecule has 0 bridgehead atoms. The maximum Gasteiger partial charge on any atom is 0.303 e. The summed E-state index contributed by atoms with van der Waals surface area (Å²) in [7, 11) is -3.92. The maximum absolute atomic E-state index is 15.2. The van der Waals surface area contributed by atoms with Crippen molar-refractivity contribution in [2.45, 2.75) is 30.7 Å². The average molecular weight is 584 g/mol. The molecule has 2 heterocycles. The van der Waals surface area contributed by atoms with Crippen LogP contribution >= 0.6 is 0 Å². The first-order chi connectivity index (χ1) is 19.4. The summed E-state index contributed by atoms with van der Waals surface area (Å²) in [6, 6.07) is 11.8. The van der Waals surface area contributed by atoms with E-state index in [4.69, 9.17) is 9.84 Å². The molecule has 0 aliphatic rings. The molecule has 0 radical (unpaired) electrons. The van der Waals surface area contributed by atoms with Gasteiger partial charge in [-0.05, 0) is 49.2 Å². The average Bonchev–Trinajstić information content (AvgIpc) is 3.58. The number of aromatic nitrogens is 3. The Morgan fingerprint density at radius 2 is 1.88 bits per heavy atom. The Morgan fingerprint density at radius 3 is 2.61 bits per heavy atom. The number of nitrogens with zero attached hydrogens (tertiary/aromatic N) is 2. The molecule has 41 heavy (non-hydrogen) atoms. The summed E-state index contributed by atoms with van der Waals surface area (Å²) in [6.45, 7) is 1.69. The minimum Gasteiger partial charge on any atom is -0.481 e. The van der Waals surface area contributed by atoms with E-state index in [-0.39, 0.29) is 56.8 Å². The second-order valence-electron chi connectivity index (χ2n) is 9.54. The lowest BCUT2D eigenvalue weighted by Crippen LogP contribution is -2.11. The van der Waals surface area contributed by atoms with Gasteiger partial charge in [-0.2, -0.15) is 5.10 Å². The summed E-state index contributed by atoms with van der Waals surface area (Å²) in [6.07, 6.45) is 3.77. The quantitative estimate of drug-likeness (QED) is 0.211. The zero-order valence-corrected chi connectivity index (χ0v) is 22.7. The number of ether oxygens (including phenoxy) is 1. The highest BCUT2D eigenvalue weighted by atomic mass is 32.2. The topological polar surface area (TPSA) is 114 Å². The highest BCUT2D eigenvalue weighted by molar-refractivity contribution is 7.91. The molecule has 0 aliphatic carbocycles. The number of aromatic amines is 1. The van der Waals surface area contributed by atoms with Crippen LogP contribution in [0.5, 0.6) is 11.5 Å². The van der Waals surface area contributed by atoms with Crippen molar-refractivity contribution in [1.29, 1.82) is 0 Å². The molecule has 0 saturated heterocycles. The summed E-state index contributed by atoms with van der Waals surface area (Å²) in [4.78, 5) is 13.3. The second-order valence-corrected chi connectivity index (χ2v) is 11.5. The Kier molecular flexibility index (Phi) is 7.35. The van der Waals surface area contributed by atoms with Crippen LogP contribution in [0.3, 0.4) is 0 Å². The number of carboxylic acid groups (broad SMARTS) is 1. The standard InChI is InChI=1S/C29H24F3N3O5S/c1-16(19-5-3-4-17(27(19)32)6-9-26(36)37)35-13-11-24(34-35)21-14-18(7-8-22(21)30)40-28-23(31)15-25-20(10-12-33-25)29(28)41(2,38)39/h3-5,7-8,10-16,33H,6,9H2,1-2H3,(H,36,37). The van der Waals surface area contributed by atoms with Gasteiger partial charge in [0.15, 0.2) is 21.4 Å². The van der Waals surface area contributed by atoms with Gasteiger partial charge in [0.25, 0.3) is 0 Å². The Hall–Kier alpha value is -4.58. The van der Waals surface area contributed by atoms with Crippen molar-refractivity contribution < 1.29 is 36.2 Å². The first-order valence-electron chi connectivity index (χ1n) is 12.5. The lowest BCUT2D eigenvalue weighted by molar-refractivity contribution is -0.136. The van der Waals surface area contributed by atoms with Crippen molar-refractivity contribution in [3.63, 3.8) is 0 Å². The number of halogens is 3. The SMILES string of the molecule is CC(c1cccc(CCC(=O)O)c1F)n1ccc(-c2cc(Oc3c(F)cc4[nH]ccc4c3S(C)(=O)=O)ccc2F)n1. The van der Waals surface area contributed by atoms with Gasteiger partial charge < -0.3 is 14.8 Å². The first-order valence-corrected chi connectivity index (χ1v) is 14.3.